The number of aromatic nitrogens is 4. The number of carbonyl (C=O) groups is 1. The molecule has 1 fully saturated rings. The Morgan fingerprint density at radius 2 is 1.74 bits per heavy atom. The standard InChI is InChI=1S/C19H20N6O2/c1-13-17(19-23-22-18(27-19)15-6-4-3-5-7-15)21-16(12-20-13)25-10-8-24(9-11-25)14(2)26/h3-7,12H,8-11H2,1-2H3. The van der Waals surface area contributed by atoms with E-state index in [0.717, 1.165) is 30.2 Å². The molecule has 4 rings (SSSR count). The largest absolute Gasteiger partial charge is 0.415 e. The Morgan fingerprint density at radius 3 is 2.44 bits per heavy atom. The Balaban J connectivity index is 1.59. The number of carbonyl (C=O) groups excluding carboxylic acids is 1. The van der Waals surface area contributed by atoms with Gasteiger partial charge in [0.15, 0.2) is 5.69 Å². The molecule has 3 heterocycles. The molecule has 0 saturated carbocycles. The van der Waals surface area contributed by atoms with Crippen LogP contribution in [0.1, 0.15) is 12.6 Å². The van der Waals surface area contributed by atoms with Gasteiger partial charge in [0.1, 0.15) is 5.82 Å². The number of piperazine rings is 1. The zero-order valence-corrected chi connectivity index (χ0v) is 15.3. The highest BCUT2D eigenvalue weighted by Crippen LogP contribution is 2.26. The van der Waals surface area contributed by atoms with Crippen molar-refractivity contribution in [2.24, 2.45) is 0 Å². The van der Waals surface area contributed by atoms with Crippen LogP contribution in [-0.2, 0) is 4.79 Å². The normalized spacial score (nSPS) is 14.4. The number of aryl methyl sites for hydroxylation is 1. The first-order chi connectivity index (χ1) is 13.1. The van der Waals surface area contributed by atoms with Gasteiger partial charge in [-0.15, -0.1) is 10.2 Å². The van der Waals surface area contributed by atoms with E-state index in [2.05, 4.69) is 20.1 Å². The zero-order chi connectivity index (χ0) is 18.8. The van der Waals surface area contributed by atoms with E-state index >= 15 is 0 Å². The topological polar surface area (TPSA) is 88.3 Å². The summed E-state index contributed by atoms with van der Waals surface area (Å²) in [6, 6.07) is 9.62. The fourth-order valence-corrected chi connectivity index (χ4v) is 3.06. The second kappa shape index (κ2) is 7.14. The maximum Gasteiger partial charge on any atom is 0.268 e. The van der Waals surface area contributed by atoms with Crippen molar-refractivity contribution in [3.05, 3.63) is 42.2 Å². The number of hydrogen-bond acceptors (Lipinski definition) is 7. The molecule has 1 amide bonds. The van der Waals surface area contributed by atoms with E-state index in [9.17, 15) is 4.79 Å². The molecule has 1 aliphatic rings. The number of amides is 1. The van der Waals surface area contributed by atoms with Crippen LogP contribution in [0.2, 0.25) is 0 Å². The molecule has 8 nitrogen and oxygen atoms in total. The molecule has 1 saturated heterocycles. The van der Waals surface area contributed by atoms with E-state index in [1.165, 1.54) is 0 Å². The van der Waals surface area contributed by atoms with Crippen LogP contribution in [-0.4, -0.2) is 57.2 Å². The minimum atomic E-state index is 0.102. The number of benzene rings is 1. The molecule has 0 aliphatic carbocycles. The molecule has 1 aromatic carbocycles. The molecule has 8 heteroatoms. The summed E-state index contributed by atoms with van der Waals surface area (Å²) >= 11 is 0. The van der Waals surface area contributed by atoms with Crippen molar-refractivity contribution in [2.45, 2.75) is 13.8 Å². The molecule has 0 unspecified atom stereocenters. The summed E-state index contributed by atoms with van der Waals surface area (Å²) < 4.78 is 5.83. The molecular formula is C19H20N6O2. The molecule has 0 bridgehead atoms. The molecule has 1 aliphatic heterocycles. The Morgan fingerprint density at radius 1 is 1.04 bits per heavy atom. The molecule has 0 radical (unpaired) electrons. The van der Waals surface area contributed by atoms with Crippen LogP contribution in [0, 0.1) is 6.92 Å². The third-order valence-electron chi connectivity index (χ3n) is 4.64. The van der Waals surface area contributed by atoms with Gasteiger partial charge in [0.2, 0.25) is 11.8 Å². The van der Waals surface area contributed by atoms with Gasteiger partial charge in [-0.3, -0.25) is 9.78 Å². The number of hydrogen-bond donors (Lipinski definition) is 0. The Kier molecular flexibility index (Phi) is 4.53. The van der Waals surface area contributed by atoms with Gasteiger partial charge in [0, 0.05) is 38.7 Å². The summed E-state index contributed by atoms with van der Waals surface area (Å²) in [5, 5.41) is 8.29. The van der Waals surface area contributed by atoms with Gasteiger partial charge in [-0.05, 0) is 19.1 Å². The van der Waals surface area contributed by atoms with Crippen molar-refractivity contribution < 1.29 is 9.21 Å². The van der Waals surface area contributed by atoms with Gasteiger partial charge < -0.3 is 14.2 Å². The van der Waals surface area contributed by atoms with E-state index in [1.807, 2.05) is 42.2 Å². The minimum absolute atomic E-state index is 0.102. The number of nitrogens with zero attached hydrogens (tertiary/aromatic N) is 6. The van der Waals surface area contributed by atoms with Crippen molar-refractivity contribution >= 4 is 11.7 Å². The van der Waals surface area contributed by atoms with E-state index in [4.69, 9.17) is 9.40 Å². The second-order valence-electron chi connectivity index (χ2n) is 6.43. The lowest BCUT2D eigenvalue weighted by atomic mass is 10.2. The van der Waals surface area contributed by atoms with Gasteiger partial charge in [0.05, 0.1) is 11.9 Å². The zero-order valence-electron chi connectivity index (χ0n) is 15.3. The lowest BCUT2D eigenvalue weighted by Gasteiger charge is -2.34. The average Bonchev–Trinajstić information content (AvgIpc) is 3.19. The van der Waals surface area contributed by atoms with Crippen molar-refractivity contribution in [3.63, 3.8) is 0 Å². The summed E-state index contributed by atoms with van der Waals surface area (Å²) in [6.45, 7) is 6.26. The maximum atomic E-state index is 11.5. The summed E-state index contributed by atoms with van der Waals surface area (Å²) in [7, 11) is 0. The van der Waals surface area contributed by atoms with E-state index < -0.39 is 0 Å². The first-order valence-corrected chi connectivity index (χ1v) is 8.85. The lowest BCUT2D eigenvalue weighted by molar-refractivity contribution is -0.129. The van der Waals surface area contributed by atoms with Gasteiger partial charge in [-0.1, -0.05) is 18.2 Å². The van der Waals surface area contributed by atoms with Crippen molar-refractivity contribution in [2.75, 3.05) is 31.1 Å². The highest BCUT2D eigenvalue weighted by Gasteiger charge is 2.22. The molecule has 0 spiro atoms. The fraction of sp³-hybridized carbons (Fsp3) is 0.316. The van der Waals surface area contributed by atoms with Crippen LogP contribution in [0.5, 0.6) is 0 Å². The quantitative estimate of drug-likeness (QED) is 0.704. The van der Waals surface area contributed by atoms with Crippen molar-refractivity contribution in [3.8, 4) is 23.0 Å². The first kappa shape index (κ1) is 17.1. The predicted octanol–water partition coefficient (Wildman–Crippen LogP) is 2.17. The summed E-state index contributed by atoms with van der Waals surface area (Å²) in [6.07, 6.45) is 1.75. The maximum absolute atomic E-state index is 11.5. The Labute approximate surface area is 156 Å². The van der Waals surface area contributed by atoms with Crippen molar-refractivity contribution in [1.29, 1.82) is 0 Å². The van der Waals surface area contributed by atoms with Crippen LogP contribution < -0.4 is 4.90 Å². The molecule has 2 aromatic heterocycles. The van der Waals surface area contributed by atoms with Gasteiger partial charge in [-0.2, -0.15) is 0 Å². The summed E-state index contributed by atoms with van der Waals surface area (Å²) in [4.78, 5) is 24.6. The molecule has 0 N–H and O–H groups in total. The Hall–Kier alpha value is -3.29. The molecule has 3 aromatic rings. The first-order valence-electron chi connectivity index (χ1n) is 8.85. The van der Waals surface area contributed by atoms with Gasteiger partial charge in [-0.25, -0.2) is 4.98 Å². The second-order valence-corrected chi connectivity index (χ2v) is 6.43. The smallest absolute Gasteiger partial charge is 0.268 e. The number of anilines is 1. The third kappa shape index (κ3) is 3.51. The van der Waals surface area contributed by atoms with Crippen LogP contribution in [0.15, 0.2) is 40.9 Å². The monoisotopic (exact) mass is 364 g/mol. The third-order valence-corrected chi connectivity index (χ3v) is 4.64. The van der Waals surface area contributed by atoms with Crippen LogP contribution in [0.3, 0.4) is 0 Å². The van der Waals surface area contributed by atoms with E-state index in [1.54, 1.807) is 13.1 Å². The Bertz CT molecular complexity index is 948. The van der Waals surface area contributed by atoms with Crippen molar-refractivity contribution in [1.82, 2.24) is 25.1 Å². The van der Waals surface area contributed by atoms with E-state index in [0.29, 0.717) is 30.6 Å². The summed E-state index contributed by atoms with van der Waals surface area (Å²) in [5.74, 6) is 1.65. The van der Waals surface area contributed by atoms with Gasteiger partial charge >= 0.3 is 0 Å². The fourth-order valence-electron chi connectivity index (χ4n) is 3.06. The molecule has 0 atom stereocenters. The van der Waals surface area contributed by atoms with E-state index in [-0.39, 0.29) is 5.91 Å². The minimum Gasteiger partial charge on any atom is -0.415 e. The van der Waals surface area contributed by atoms with Gasteiger partial charge in [0.25, 0.3) is 5.89 Å². The summed E-state index contributed by atoms with van der Waals surface area (Å²) in [5.41, 5.74) is 2.17. The highest BCUT2D eigenvalue weighted by atomic mass is 16.4. The molecule has 138 valence electrons. The predicted molar refractivity (Wildman–Crippen MR) is 100.0 cm³/mol. The van der Waals surface area contributed by atoms with Crippen LogP contribution >= 0.6 is 0 Å². The highest BCUT2D eigenvalue weighted by molar-refractivity contribution is 5.73. The van der Waals surface area contributed by atoms with Crippen LogP contribution in [0.4, 0.5) is 5.82 Å². The lowest BCUT2D eigenvalue weighted by Crippen LogP contribution is -2.48. The van der Waals surface area contributed by atoms with Crippen LogP contribution in [0.25, 0.3) is 23.0 Å². The molecular weight excluding hydrogens is 344 g/mol. The molecule has 27 heavy (non-hydrogen) atoms. The SMILES string of the molecule is CC(=O)N1CCN(c2cnc(C)c(-c3nnc(-c4ccccc4)o3)n2)CC1. The number of rotatable bonds is 3. The average molecular weight is 364 g/mol.